The fraction of sp³-hybridized carbons (Fsp3) is 0.414. The first kappa shape index (κ1) is 28.4. The Balaban J connectivity index is 1.57. The standard InChI is InChI=1S/C29H36ClN7O2/c1-5-7-12-25-32-27(30)24(18-39-29(38)26(31-4)19(3)6-2)37(25)17-20-13-15-21(16-14-20)22-10-8-9-11-23(22)28-33-35-36-34-28/h8-11,13-16,19,26,31H,5-7,12,17-18H2,1-4H3,(H,33,34,35,36)/t19-,26-/m0/s1. The van der Waals surface area contributed by atoms with E-state index in [-0.39, 0.29) is 24.5 Å². The molecular formula is C29H36ClN7O2. The number of likely N-dealkylation sites (N-methyl/N-ethyl adjacent to an activating group) is 1. The summed E-state index contributed by atoms with van der Waals surface area (Å²) in [5.74, 6) is 1.32. The average molecular weight is 550 g/mol. The van der Waals surface area contributed by atoms with Gasteiger partial charge >= 0.3 is 5.97 Å². The van der Waals surface area contributed by atoms with E-state index in [2.05, 4.69) is 73.6 Å². The first-order valence-corrected chi connectivity index (χ1v) is 13.8. The Bertz CT molecular complexity index is 1350. The van der Waals surface area contributed by atoms with Gasteiger partial charge in [0.2, 0.25) is 5.82 Å². The molecule has 0 unspecified atom stereocenters. The molecule has 0 aliphatic carbocycles. The average Bonchev–Trinajstić information content (AvgIpc) is 3.60. The van der Waals surface area contributed by atoms with Gasteiger partial charge in [0.1, 0.15) is 18.5 Å². The molecule has 0 saturated carbocycles. The van der Waals surface area contributed by atoms with Gasteiger partial charge in [-0.15, -0.1) is 10.2 Å². The Morgan fingerprint density at radius 3 is 2.51 bits per heavy atom. The first-order chi connectivity index (χ1) is 19.0. The number of hydrogen-bond donors (Lipinski definition) is 2. The number of hydrogen-bond acceptors (Lipinski definition) is 7. The lowest BCUT2D eigenvalue weighted by Crippen LogP contribution is -2.40. The molecule has 0 aliphatic rings. The molecule has 10 heteroatoms. The highest BCUT2D eigenvalue weighted by Gasteiger charge is 2.25. The van der Waals surface area contributed by atoms with Crippen molar-refractivity contribution in [1.29, 1.82) is 0 Å². The predicted octanol–water partition coefficient (Wildman–Crippen LogP) is 5.45. The van der Waals surface area contributed by atoms with Gasteiger partial charge in [-0.25, -0.2) is 4.98 Å². The number of H-pyrrole nitrogens is 1. The number of imidazole rings is 1. The third kappa shape index (κ3) is 6.72. The van der Waals surface area contributed by atoms with Gasteiger partial charge < -0.3 is 14.6 Å². The van der Waals surface area contributed by atoms with Gasteiger partial charge in [-0.05, 0) is 41.3 Å². The lowest BCUT2D eigenvalue weighted by atomic mass is 9.98. The lowest BCUT2D eigenvalue weighted by Gasteiger charge is -2.21. The summed E-state index contributed by atoms with van der Waals surface area (Å²) in [6.07, 6.45) is 3.71. The van der Waals surface area contributed by atoms with E-state index in [4.69, 9.17) is 16.3 Å². The topological polar surface area (TPSA) is 111 Å². The number of esters is 1. The van der Waals surface area contributed by atoms with Crippen LogP contribution in [0, 0.1) is 5.92 Å². The number of carbonyl (C=O) groups is 1. The Hall–Kier alpha value is -3.56. The van der Waals surface area contributed by atoms with Crippen LogP contribution in [0.4, 0.5) is 0 Å². The number of nitrogens with zero attached hydrogens (tertiary/aromatic N) is 5. The molecule has 4 aromatic rings. The van der Waals surface area contributed by atoms with Crippen molar-refractivity contribution in [3.8, 4) is 22.5 Å². The van der Waals surface area contributed by atoms with Crippen molar-refractivity contribution in [2.75, 3.05) is 7.05 Å². The quantitative estimate of drug-likeness (QED) is 0.213. The molecule has 0 radical (unpaired) electrons. The van der Waals surface area contributed by atoms with Crippen LogP contribution in [-0.2, 0) is 29.1 Å². The van der Waals surface area contributed by atoms with Gasteiger partial charge in [0.05, 0.1) is 5.69 Å². The molecule has 0 amide bonds. The van der Waals surface area contributed by atoms with E-state index in [0.717, 1.165) is 53.8 Å². The maximum absolute atomic E-state index is 12.8. The van der Waals surface area contributed by atoms with E-state index in [1.165, 1.54) is 0 Å². The van der Waals surface area contributed by atoms with E-state index in [1.807, 2.05) is 31.2 Å². The molecule has 0 aliphatic heterocycles. The van der Waals surface area contributed by atoms with Crippen molar-refractivity contribution in [3.63, 3.8) is 0 Å². The van der Waals surface area contributed by atoms with E-state index in [0.29, 0.717) is 23.2 Å². The molecule has 0 bridgehead atoms. The van der Waals surface area contributed by atoms with Gasteiger partial charge in [-0.3, -0.25) is 4.79 Å². The maximum atomic E-state index is 12.8. The smallest absolute Gasteiger partial charge is 0.323 e. The van der Waals surface area contributed by atoms with Crippen LogP contribution in [0.25, 0.3) is 22.5 Å². The van der Waals surface area contributed by atoms with E-state index >= 15 is 0 Å². The molecule has 9 nitrogen and oxygen atoms in total. The summed E-state index contributed by atoms with van der Waals surface area (Å²) < 4.78 is 7.83. The minimum absolute atomic E-state index is 0.0710. The SMILES string of the molecule is CCCCc1nc(Cl)c(COC(=O)[C@@H](NC)[C@@H](C)CC)n1Cc1ccc(-c2ccccc2-c2nn[nH]n2)cc1. The third-order valence-electron chi connectivity index (χ3n) is 7.10. The number of unbranched alkanes of at least 4 members (excludes halogenated alkanes) is 1. The van der Waals surface area contributed by atoms with Crippen LogP contribution < -0.4 is 5.32 Å². The van der Waals surface area contributed by atoms with E-state index in [1.54, 1.807) is 7.05 Å². The number of benzene rings is 2. The Morgan fingerprint density at radius 1 is 1.13 bits per heavy atom. The van der Waals surface area contributed by atoms with Crippen LogP contribution in [0.3, 0.4) is 0 Å². The number of halogens is 1. The number of aromatic nitrogens is 6. The van der Waals surface area contributed by atoms with Crippen LogP contribution in [0.5, 0.6) is 0 Å². The molecular weight excluding hydrogens is 514 g/mol. The molecule has 0 saturated heterocycles. The number of carbonyl (C=O) groups excluding carboxylic acids is 1. The molecule has 2 N–H and O–H groups in total. The monoisotopic (exact) mass is 549 g/mol. The van der Waals surface area contributed by atoms with Crippen molar-refractivity contribution in [1.82, 2.24) is 35.5 Å². The molecule has 2 aromatic heterocycles. The zero-order valence-corrected chi connectivity index (χ0v) is 23.7. The van der Waals surface area contributed by atoms with Crippen LogP contribution in [0.2, 0.25) is 5.15 Å². The van der Waals surface area contributed by atoms with E-state index < -0.39 is 0 Å². The lowest BCUT2D eigenvalue weighted by molar-refractivity contribution is -0.149. The normalized spacial score (nSPS) is 12.8. The van der Waals surface area contributed by atoms with Crippen LogP contribution in [-0.4, -0.2) is 49.2 Å². The van der Waals surface area contributed by atoms with Gasteiger partial charge in [-0.1, -0.05) is 93.7 Å². The van der Waals surface area contributed by atoms with Gasteiger partial charge in [0.15, 0.2) is 5.15 Å². The number of aryl methyl sites for hydroxylation is 1. The number of nitrogens with one attached hydrogen (secondary N) is 2. The Kier molecular flexibility index (Phi) is 9.84. The summed E-state index contributed by atoms with van der Waals surface area (Å²) in [4.78, 5) is 17.5. The van der Waals surface area contributed by atoms with Crippen molar-refractivity contribution < 1.29 is 9.53 Å². The predicted molar refractivity (Wildman–Crippen MR) is 152 cm³/mol. The van der Waals surface area contributed by atoms with Crippen LogP contribution in [0.15, 0.2) is 48.5 Å². The second kappa shape index (κ2) is 13.5. The number of ether oxygens (including phenoxy) is 1. The minimum Gasteiger partial charge on any atom is -0.458 e. The summed E-state index contributed by atoms with van der Waals surface area (Å²) in [6.45, 7) is 6.88. The zero-order valence-electron chi connectivity index (χ0n) is 22.9. The summed E-state index contributed by atoms with van der Waals surface area (Å²) in [7, 11) is 1.78. The molecule has 4 rings (SSSR count). The molecule has 39 heavy (non-hydrogen) atoms. The molecule has 206 valence electrons. The third-order valence-corrected chi connectivity index (χ3v) is 7.41. The second-order valence-corrected chi connectivity index (χ2v) is 10.1. The summed E-state index contributed by atoms with van der Waals surface area (Å²) in [6, 6.07) is 16.0. The van der Waals surface area contributed by atoms with Crippen molar-refractivity contribution in [2.24, 2.45) is 5.92 Å². The fourth-order valence-electron chi connectivity index (χ4n) is 4.63. The van der Waals surface area contributed by atoms with Crippen LogP contribution in [0.1, 0.15) is 57.1 Å². The first-order valence-electron chi connectivity index (χ1n) is 13.5. The highest BCUT2D eigenvalue weighted by atomic mass is 35.5. The molecule has 0 fully saturated rings. The number of tetrazole rings is 1. The zero-order chi connectivity index (χ0) is 27.8. The van der Waals surface area contributed by atoms with Crippen molar-refractivity contribution in [2.45, 2.75) is 65.6 Å². The van der Waals surface area contributed by atoms with Crippen molar-refractivity contribution in [3.05, 3.63) is 70.8 Å². The largest absolute Gasteiger partial charge is 0.458 e. The molecule has 2 aromatic carbocycles. The maximum Gasteiger partial charge on any atom is 0.323 e. The summed E-state index contributed by atoms with van der Waals surface area (Å²) >= 11 is 6.60. The second-order valence-electron chi connectivity index (χ2n) is 9.69. The van der Waals surface area contributed by atoms with Gasteiger partial charge in [0.25, 0.3) is 0 Å². The highest BCUT2D eigenvalue weighted by molar-refractivity contribution is 6.30. The number of rotatable bonds is 13. The minimum atomic E-state index is -0.368. The molecule has 2 atom stereocenters. The Labute approximate surface area is 234 Å². The van der Waals surface area contributed by atoms with Gasteiger partial charge in [-0.2, -0.15) is 5.21 Å². The fourth-order valence-corrected chi connectivity index (χ4v) is 4.89. The summed E-state index contributed by atoms with van der Waals surface area (Å²) in [5, 5.41) is 18.0. The van der Waals surface area contributed by atoms with Crippen LogP contribution >= 0.6 is 11.6 Å². The highest BCUT2D eigenvalue weighted by Crippen LogP contribution is 2.30. The summed E-state index contributed by atoms with van der Waals surface area (Å²) in [5.41, 5.74) is 4.77. The molecule has 2 heterocycles. The van der Waals surface area contributed by atoms with E-state index in [9.17, 15) is 4.79 Å². The van der Waals surface area contributed by atoms with Gasteiger partial charge in [0, 0.05) is 18.5 Å². The Morgan fingerprint density at radius 2 is 1.87 bits per heavy atom. The molecule has 0 spiro atoms. The number of aromatic amines is 1. The van der Waals surface area contributed by atoms with Crippen molar-refractivity contribution >= 4 is 17.6 Å².